The first-order chi connectivity index (χ1) is 9.95. The number of nitrogens with one attached hydrogen (secondary N) is 1. The summed E-state index contributed by atoms with van der Waals surface area (Å²) >= 11 is 5.31. The van der Waals surface area contributed by atoms with Gasteiger partial charge in [0, 0.05) is 12.5 Å². The summed E-state index contributed by atoms with van der Waals surface area (Å²) in [6.07, 6.45) is 2.91. The van der Waals surface area contributed by atoms with Crippen LogP contribution >= 0.6 is 12.2 Å². The van der Waals surface area contributed by atoms with Gasteiger partial charge in [-0.05, 0) is 42.0 Å². The zero-order valence-corrected chi connectivity index (χ0v) is 12.9. The number of fused-ring (bicyclic) bond motifs is 1. The number of rotatable bonds is 3. The van der Waals surface area contributed by atoms with Crippen molar-refractivity contribution in [2.75, 3.05) is 6.26 Å². The average Bonchev–Trinajstić information content (AvgIpc) is 2.75. The normalized spacial score (nSPS) is 11.9. The summed E-state index contributed by atoms with van der Waals surface area (Å²) in [7, 11) is -3.17. The van der Waals surface area contributed by atoms with E-state index in [9.17, 15) is 8.42 Å². The highest BCUT2D eigenvalue weighted by Gasteiger charge is 2.08. The Labute approximate surface area is 127 Å². The van der Waals surface area contributed by atoms with Gasteiger partial charge in [0.2, 0.25) is 0 Å². The maximum absolute atomic E-state index is 11.5. The van der Waals surface area contributed by atoms with Gasteiger partial charge in [0.05, 0.1) is 17.0 Å². The molecule has 5 nitrogen and oxygen atoms in total. The van der Waals surface area contributed by atoms with E-state index in [1.54, 1.807) is 30.5 Å². The number of nitrogens with zero attached hydrogens (tertiary/aromatic N) is 2. The summed E-state index contributed by atoms with van der Waals surface area (Å²) < 4.78 is 25.4. The Morgan fingerprint density at radius 3 is 2.62 bits per heavy atom. The van der Waals surface area contributed by atoms with Crippen LogP contribution in [-0.2, 0) is 16.4 Å². The van der Waals surface area contributed by atoms with Gasteiger partial charge in [-0.2, -0.15) is 0 Å². The Bertz CT molecular complexity index is 954. The molecule has 0 radical (unpaired) electrons. The molecule has 0 saturated carbocycles. The van der Waals surface area contributed by atoms with E-state index in [-0.39, 0.29) is 0 Å². The molecule has 108 valence electrons. The van der Waals surface area contributed by atoms with Crippen LogP contribution in [0.1, 0.15) is 5.56 Å². The SMILES string of the molecule is CS(=O)(=O)c1ccc(Cn2c(=S)[nH]c3cccnc32)cc1. The van der Waals surface area contributed by atoms with Crippen molar-refractivity contribution in [3.05, 3.63) is 52.9 Å². The topological polar surface area (TPSA) is 67.8 Å². The largest absolute Gasteiger partial charge is 0.329 e. The van der Waals surface area contributed by atoms with E-state index in [1.165, 1.54) is 6.26 Å². The third-order valence-corrected chi connectivity index (χ3v) is 4.67. The molecule has 0 aliphatic rings. The van der Waals surface area contributed by atoms with Crippen LogP contribution in [0.5, 0.6) is 0 Å². The van der Waals surface area contributed by atoms with Crippen molar-refractivity contribution in [1.82, 2.24) is 14.5 Å². The first-order valence-electron chi connectivity index (χ1n) is 6.28. The summed E-state index contributed by atoms with van der Waals surface area (Å²) in [5, 5.41) is 0. The molecule has 2 heterocycles. The molecule has 1 aromatic carbocycles. The minimum absolute atomic E-state index is 0.312. The van der Waals surface area contributed by atoms with Crippen LogP contribution < -0.4 is 0 Å². The molecule has 3 rings (SSSR count). The minimum Gasteiger partial charge on any atom is -0.329 e. The second-order valence-corrected chi connectivity index (χ2v) is 7.21. The molecule has 21 heavy (non-hydrogen) atoms. The van der Waals surface area contributed by atoms with Crippen LogP contribution in [0.4, 0.5) is 0 Å². The van der Waals surface area contributed by atoms with Gasteiger partial charge >= 0.3 is 0 Å². The van der Waals surface area contributed by atoms with Gasteiger partial charge < -0.3 is 4.98 Å². The molecule has 0 saturated heterocycles. The fourth-order valence-corrected chi connectivity index (χ4v) is 3.05. The molecule has 0 aliphatic carbocycles. The van der Waals surface area contributed by atoms with Gasteiger partial charge in [0.15, 0.2) is 20.3 Å². The molecule has 1 N–H and O–H groups in total. The second-order valence-electron chi connectivity index (χ2n) is 4.81. The lowest BCUT2D eigenvalue weighted by molar-refractivity contribution is 0.602. The number of hydrogen-bond donors (Lipinski definition) is 1. The van der Waals surface area contributed by atoms with Crippen molar-refractivity contribution in [3.63, 3.8) is 0 Å². The highest BCUT2D eigenvalue weighted by molar-refractivity contribution is 7.90. The number of aromatic amines is 1. The Kier molecular flexibility index (Phi) is 3.38. The summed E-state index contributed by atoms with van der Waals surface area (Å²) in [6.45, 7) is 0.542. The lowest BCUT2D eigenvalue weighted by Crippen LogP contribution is -2.02. The second kappa shape index (κ2) is 5.09. The molecule has 0 bridgehead atoms. The lowest BCUT2D eigenvalue weighted by Gasteiger charge is -2.05. The van der Waals surface area contributed by atoms with Crippen molar-refractivity contribution >= 4 is 33.2 Å². The van der Waals surface area contributed by atoms with E-state index in [1.807, 2.05) is 16.7 Å². The fourth-order valence-electron chi connectivity index (χ4n) is 2.16. The van der Waals surface area contributed by atoms with Crippen LogP contribution in [0, 0.1) is 4.77 Å². The summed E-state index contributed by atoms with van der Waals surface area (Å²) in [6, 6.07) is 10.6. The maximum atomic E-state index is 11.5. The quantitative estimate of drug-likeness (QED) is 0.753. The first kappa shape index (κ1) is 14.0. The van der Waals surface area contributed by atoms with Gasteiger partial charge in [-0.3, -0.25) is 4.57 Å². The Balaban J connectivity index is 1.99. The van der Waals surface area contributed by atoms with Crippen LogP contribution in [0.25, 0.3) is 11.2 Å². The lowest BCUT2D eigenvalue weighted by atomic mass is 10.2. The van der Waals surface area contributed by atoms with Crippen LogP contribution in [0.3, 0.4) is 0 Å². The molecule has 0 amide bonds. The molecule has 0 fully saturated rings. The molecular weight excluding hydrogens is 306 g/mol. The van der Waals surface area contributed by atoms with E-state index in [0.29, 0.717) is 16.2 Å². The van der Waals surface area contributed by atoms with Crippen LogP contribution in [0.2, 0.25) is 0 Å². The fraction of sp³-hybridized carbons (Fsp3) is 0.143. The molecule has 3 aromatic rings. The van der Waals surface area contributed by atoms with Crippen LogP contribution in [0.15, 0.2) is 47.5 Å². The van der Waals surface area contributed by atoms with E-state index in [4.69, 9.17) is 12.2 Å². The highest BCUT2D eigenvalue weighted by atomic mass is 32.2. The summed E-state index contributed by atoms with van der Waals surface area (Å²) in [4.78, 5) is 7.74. The predicted octanol–water partition coefficient (Wildman–Crippen LogP) is 2.55. The predicted molar refractivity (Wildman–Crippen MR) is 83.6 cm³/mol. The highest BCUT2D eigenvalue weighted by Crippen LogP contribution is 2.15. The van der Waals surface area contributed by atoms with Gasteiger partial charge in [0.1, 0.15) is 0 Å². The molecular formula is C14H13N3O2S2. The van der Waals surface area contributed by atoms with E-state index in [0.717, 1.165) is 16.7 Å². The number of H-pyrrole nitrogens is 1. The summed E-state index contributed by atoms with van der Waals surface area (Å²) in [5.74, 6) is 0. The van der Waals surface area contributed by atoms with E-state index >= 15 is 0 Å². The number of hydrogen-bond acceptors (Lipinski definition) is 4. The van der Waals surface area contributed by atoms with Crippen molar-refractivity contribution in [2.24, 2.45) is 0 Å². The molecule has 0 spiro atoms. The van der Waals surface area contributed by atoms with E-state index < -0.39 is 9.84 Å². The number of pyridine rings is 1. The summed E-state index contributed by atoms with van der Waals surface area (Å²) in [5.41, 5.74) is 2.63. The zero-order chi connectivity index (χ0) is 15.0. The van der Waals surface area contributed by atoms with Crippen molar-refractivity contribution < 1.29 is 8.42 Å². The van der Waals surface area contributed by atoms with Gasteiger partial charge in [-0.25, -0.2) is 13.4 Å². The Morgan fingerprint density at radius 1 is 1.24 bits per heavy atom. The van der Waals surface area contributed by atoms with Crippen molar-refractivity contribution in [1.29, 1.82) is 0 Å². The molecule has 0 unspecified atom stereocenters. The number of aromatic nitrogens is 3. The van der Waals surface area contributed by atoms with Crippen molar-refractivity contribution in [2.45, 2.75) is 11.4 Å². The molecule has 0 atom stereocenters. The number of benzene rings is 1. The Hall–Kier alpha value is -1.99. The standard InChI is InChI=1S/C14H13N3O2S2/c1-21(18,19)11-6-4-10(5-7-11)9-17-13-12(16-14(17)20)3-2-8-15-13/h2-8H,9H2,1H3,(H,16,20). The van der Waals surface area contributed by atoms with Crippen molar-refractivity contribution in [3.8, 4) is 0 Å². The number of sulfone groups is 1. The average molecular weight is 319 g/mol. The smallest absolute Gasteiger partial charge is 0.179 e. The molecule has 2 aromatic heterocycles. The monoisotopic (exact) mass is 319 g/mol. The maximum Gasteiger partial charge on any atom is 0.179 e. The zero-order valence-electron chi connectivity index (χ0n) is 11.3. The van der Waals surface area contributed by atoms with Gasteiger partial charge in [-0.1, -0.05) is 12.1 Å². The third-order valence-electron chi connectivity index (χ3n) is 3.22. The van der Waals surface area contributed by atoms with Crippen LogP contribution in [-0.4, -0.2) is 29.2 Å². The minimum atomic E-state index is -3.17. The van der Waals surface area contributed by atoms with Gasteiger partial charge in [-0.15, -0.1) is 0 Å². The number of imidazole rings is 1. The van der Waals surface area contributed by atoms with E-state index in [2.05, 4.69) is 9.97 Å². The molecule has 0 aliphatic heterocycles. The molecule has 7 heteroatoms. The third kappa shape index (κ3) is 2.74. The first-order valence-corrected chi connectivity index (χ1v) is 8.57. The Morgan fingerprint density at radius 2 is 1.95 bits per heavy atom. The van der Waals surface area contributed by atoms with Gasteiger partial charge in [0.25, 0.3) is 0 Å².